The van der Waals surface area contributed by atoms with Crippen molar-refractivity contribution < 1.29 is 46.4 Å². The van der Waals surface area contributed by atoms with Gasteiger partial charge in [-0.15, -0.1) is 0 Å². The Morgan fingerprint density at radius 2 is 1.38 bits per heavy atom. The van der Waals surface area contributed by atoms with Crippen LogP contribution in [0.1, 0.15) is 61.4 Å². The summed E-state index contributed by atoms with van der Waals surface area (Å²) in [6.45, 7) is 1.26. The van der Waals surface area contributed by atoms with Gasteiger partial charge in [-0.3, -0.25) is 9.69 Å². The molecule has 0 fully saturated rings. The molecule has 5 aromatic rings. The second-order valence-electron chi connectivity index (χ2n) is 15.0. The fourth-order valence-corrected chi connectivity index (χ4v) is 8.87. The molecule has 0 saturated carbocycles. The van der Waals surface area contributed by atoms with Gasteiger partial charge >= 0.3 is 6.18 Å². The number of carbonyl (C=O) groups is 1. The first-order valence-corrected chi connectivity index (χ1v) is 19.1. The average molecular weight is 794 g/mol. The van der Waals surface area contributed by atoms with E-state index in [-0.39, 0.29) is 11.6 Å². The maximum atomic E-state index is 14.8. The summed E-state index contributed by atoms with van der Waals surface area (Å²) in [5, 5.41) is 3.50. The van der Waals surface area contributed by atoms with Gasteiger partial charge in [-0.05, 0) is 121 Å². The minimum absolute atomic E-state index is 0.0394. The van der Waals surface area contributed by atoms with Crippen molar-refractivity contribution in [3.63, 3.8) is 0 Å². The van der Waals surface area contributed by atoms with Crippen molar-refractivity contribution in [3.8, 4) is 46.0 Å². The Bertz CT molecular complexity index is 2420. The van der Waals surface area contributed by atoms with Crippen LogP contribution in [-0.2, 0) is 31.9 Å². The van der Waals surface area contributed by atoms with Crippen molar-refractivity contribution >= 4 is 11.6 Å². The summed E-state index contributed by atoms with van der Waals surface area (Å²) in [5.74, 6) is 3.26. The second kappa shape index (κ2) is 14.5. The van der Waals surface area contributed by atoms with Crippen LogP contribution >= 0.6 is 0 Å². The third-order valence-electron chi connectivity index (χ3n) is 11.8. The third-order valence-corrected chi connectivity index (χ3v) is 11.8. The van der Waals surface area contributed by atoms with Crippen LogP contribution in [0.4, 0.5) is 18.9 Å². The number of amides is 1. The molecule has 0 saturated heterocycles. The number of nitrogens with zero attached hydrogens (tertiary/aromatic N) is 3. The van der Waals surface area contributed by atoms with Gasteiger partial charge < -0.3 is 28.4 Å². The summed E-state index contributed by atoms with van der Waals surface area (Å²) in [7, 11) is 8.42. The zero-order chi connectivity index (χ0) is 40.5. The van der Waals surface area contributed by atoms with Gasteiger partial charge in [-0.1, -0.05) is 12.1 Å². The summed E-state index contributed by atoms with van der Waals surface area (Å²) in [6.07, 6.45) is -2.09. The van der Waals surface area contributed by atoms with Crippen LogP contribution in [0.2, 0.25) is 0 Å². The molecule has 5 heterocycles. The normalized spacial score (nSPS) is 18.4. The van der Waals surface area contributed by atoms with E-state index in [0.29, 0.717) is 71.1 Å². The Hall–Kier alpha value is -5.92. The van der Waals surface area contributed by atoms with Gasteiger partial charge in [0.2, 0.25) is 5.75 Å². The molecular weight excluding hydrogens is 752 g/mol. The summed E-state index contributed by atoms with van der Waals surface area (Å²) >= 11 is 0. The number of hydrogen-bond acceptors (Lipinski definition) is 9. The number of hydrogen-bond donors (Lipinski definition) is 0. The first kappa shape index (κ1) is 37.6. The van der Waals surface area contributed by atoms with Crippen LogP contribution in [-0.4, -0.2) is 64.4 Å². The molecule has 2 atom stereocenters. The highest BCUT2D eigenvalue weighted by molar-refractivity contribution is 6.06. The van der Waals surface area contributed by atoms with Gasteiger partial charge in [0.25, 0.3) is 5.91 Å². The SMILES string of the molecule is COc1cc2c3cc1Oc1ccc(cc1)C[C@H]1c4cc(c(OC)cc4CCN1C)Oc1c(OC)c(OC)cc4c1[C@H](C3)N(CC4)N2C(=O)c1ccc(C(F)(F)F)cc1. The monoisotopic (exact) mass is 793 g/mol. The minimum Gasteiger partial charge on any atom is -0.493 e. The van der Waals surface area contributed by atoms with Gasteiger partial charge in [0, 0.05) is 36.3 Å². The number of carbonyl (C=O) groups excluding carboxylic acids is 1. The molecule has 10 nitrogen and oxygen atoms in total. The maximum Gasteiger partial charge on any atom is 0.416 e. The number of rotatable bonds is 5. The van der Waals surface area contributed by atoms with Crippen molar-refractivity contribution in [1.82, 2.24) is 9.91 Å². The van der Waals surface area contributed by atoms with Crippen LogP contribution in [0.5, 0.6) is 46.0 Å². The molecule has 0 N–H and O–H groups in total. The molecule has 0 radical (unpaired) electrons. The summed E-state index contributed by atoms with van der Waals surface area (Å²) in [6, 6.07) is 21.5. The Morgan fingerprint density at radius 1 is 0.707 bits per heavy atom. The molecular formula is C45H42F3N3O7. The van der Waals surface area contributed by atoms with Crippen LogP contribution in [0, 0.1) is 0 Å². The van der Waals surface area contributed by atoms with Crippen molar-refractivity contribution in [2.75, 3.05) is 53.6 Å². The number of alkyl halides is 3. The lowest BCUT2D eigenvalue weighted by molar-refractivity contribution is -0.137. The first-order valence-electron chi connectivity index (χ1n) is 19.1. The van der Waals surface area contributed by atoms with E-state index in [0.717, 1.165) is 59.3 Å². The Balaban J connectivity index is 1.29. The highest BCUT2D eigenvalue weighted by Crippen LogP contribution is 2.55. The Morgan fingerprint density at radius 3 is 2.07 bits per heavy atom. The predicted molar refractivity (Wildman–Crippen MR) is 210 cm³/mol. The van der Waals surface area contributed by atoms with Crippen molar-refractivity contribution in [1.29, 1.82) is 0 Å². The number of hydrazine groups is 1. The van der Waals surface area contributed by atoms with Crippen LogP contribution in [0.15, 0.2) is 78.9 Å². The zero-order valence-electron chi connectivity index (χ0n) is 32.7. The molecule has 1 amide bonds. The van der Waals surface area contributed by atoms with Crippen molar-refractivity contribution in [3.05, 3.63) is 123 Å². The molecule has 5 aliphatic heterocycles. The molecule has 58 heavy (non-hydrogen) atoms. The molecule has 13 heteroatoms. The van der Waals surface area contributed by atoms with Gasteiger partial charge in [0.05, 0.1) is 45.7 Å². The molecule has 0 unspecified atom stereocenters. The van der Waals surface area contributed by atoms with Gasteiger partial charge in [-0.2, -0.15) is 13.2 Å². The standard InChI is InChI=1S/C45H42F3N3O7/c1-49-16-14-27-20-36(53-2)39-23-32(27)34(49)18-25-6-12-31(13-7-25)57-38-22-29-19-35-41-28(21-40(55-4)42(56-5)43(41)58-39)15-17-50(35)51(33(29)24-37(38)54-3)44(52)26-8-10-30(11-9-26)45(46,47)48/h6-13,20-24,34-35H,14-19H2,1-5H3/t34-,35-/m0/s1. The number of methoxy groups -OCH3 is 4. The van der Waals surface area contributed by atoms with Crippen molar-refractivity contribution in [2.24, 2.45) is 0 Å². The van der Waals surface area contributed by atoms with Crippen molar-refractivity contribution in [2.45, 2.75) is 43.9 Å². The van der Waals surface area contributed by atoms with E-state index in [1.165, 1.54) is 24.8 Å². The summed E-state index contributed by atoms with van der Waals surface area (Å²) in [4.78, 5) is 17.1. The molecule has 5 aromatic carbocycles. The highest BCUT2D eigenvalue weighted by Gasteiger charge is 2.44. The lowest BCUT2D eigenvalue weighted by Gasteiger charge is -2.48. The van der Waals surface area contributed by atoms with E-state index in [2.05, 4.69) is 36.2 Å². The topological polar surface area (TPSA) is 82.2 Å². The maximum absolute atomic E-state index is 14.8. The number of ether oxygens (including phenoxy) is 6. The smallest absolute Gasteiger partial charge is 0.416 e. The van der Waals surface area contributed by atoms with E-state index >= 15 is 0 Å². The Labute approximate surface area is 334 Å². The Kier molecular flexibility index (Phi) is 9.39. The molecule has 7 bridgehead atoms. The summed E-state index contributed by atoms with van der Waals surface area (Å²) < 4.78 is 78.3. The predicted octanol–water partition coefficient (Wildman–Crippen LogP) is 9.13. The van der Waals surface area contributed by atoms with Gasteiger partial charge in [0.1, 0.15) is 5.75 Å². The minimum atomic E-state index is -4.56. The lowest BCUT2D eigenvalue weighted by atomic mass is 9.85. The van der Waals surface area contributed by atoms with E-state index in [1.807, 2.05) is 29.3 Å². The quantitative estimate of drug-likeness (QED) is 0.173. The van der Waals surface area contributed by atoms with E-state index in [1.54, 1.807) is 32.4 Å². The van der Waals surface area contributed by atoms with Crippen LogP contribution in [0.3, 0.4) is 0 Å². The number of likely N-dealkylation sites (N-methyl/N-ethyl adjacent to an activating group) is 1. The molecule has 0 spiro atoms. The van der Waals surface area contributed by atoms with E-state index in [9.17, 15) is 18.0 Å². The molecule has 0 aromatic heterocycles. The van der Waals surface area contributed by atoms with E-state index in [4.69, 9.17) is 28.4 Å². The first-order chi connectivity index (χ1) is 28.0. The average Bonchev–Trinajstić information content (AvgIpc) is 3.22. The third kappa shape index (κ3) is 6.33. The highest BCUT2D eigenvalue weighted by atomic mass is 19.4. The number of anilines is 1. The van der Waals surface area contributed by atoms with Gasteiger partial charge in [0.15, 0.2) is 34.5 Å². The molecule has 300 valence electrons. The van der Waals surface area contributed by atoms with Gasteiger partial charge in [-0.25, -0.2) is 10.0 Å². The molecule has 0 aliphatic carbocycles. The molecule has 10 rings (SSSR count). The zero-order valence-corrected chi connectivity index (χ0v) is 32.7. The van der Waals surface area contributed by atoms with Crippen LogP contribution < -0.4 is 33.4 Å². The van der Waals surface area contributed by atoms with Crippen LogP contribution in [0.25, 0.3) is 0 Å². The fraction of sp³-hybridized carbons (Fsp3) is 0.311. The number of benzene rings is 5. The lowest BCUT2D eigenvalue weighted by Crippen LogP contribution is -2.54. The number of halogens is 3. The fourth-order valence-electron chi connectivity index (χ4n) is 8.87. The number of fused-ring (bicyclic) bond motifs is 2. The second-order valence-corrected chi connectivity index (χ2v) is 15.0. The molecule has 5 aliphatic rings. The van der Waals surface area contributed by atoms with E-state index < -0.39 is 23.7 Å². The summed E-state index contributed by atoms with van der Waals surface area (Å²) in [5.41, 5.74) is 5.65. The largest absolute Gasteiger partial charge is 0.493 e.